The number of ether oxygens (including phenoxy) is 2. The maximum atomic E-state index is 12.6. The van der Waals surface area contributed by atoms with Crippen molar-refractivity contribution in [2.45, 2.75) is 51.1 Å². The van der Waals surface area contributed by atoms with Gasteiger partial charge in [0.25, 0.3) is 5.56 Å². The molecule has 2 heterocycles. The van der Waals surface area contributed by atoms with E-state index in [9.17, 15) is 9.59 Å². The van der Waals surface area contributed by atoms with Crippen molar-refractivity contribution >= 4 is 5.91 Å². The summed E-state index contributed by atoms with van der Waals surface area (Å²) in [6, 6.07) is 8.12. The molecule has 2 aromatic rings. The zero-order valence-electron chi connectivity index (χ0n) is 15.3. The number of hydrogen-bond acceptors (Lipinski definition) is 5. The molecule has 0 bridgehead atoms. The molecule has 142 valence electrons. The Balaban J connectivity index is 1.56. The molecule has 1 aliphatic heterocycles. The van der Waals surface area contributed by atoms with E-state index in [1.807, 2.05) is 18.2 Å². The van der Waals surface area contributed by atoms with Gasteiger partial charge >= 0.3 is 0 Å². The fourth-order valence-corrected chi connectivity index (χ4v) is 3.59. The number of carbonyl (C=O) groups is 1. The zero-order chi connectivity index (χ0) is 18.8. The lowest BCUT2D eigenvalue weighted by atomic mass is 9.95. The van der Waals surface area contributed by atoms with E-state index in [0.29, 0.717) is 17.2 Å². The van der Waals surface area contributed by atoms with Crippen LogP contribution in [0.1, 0.15) is 45.1 Å². The Morgan fingerprint density at radius 2 is 1.93 bits per heavy atom. The second kappa shape index (κ2) is 7.42. The first-order valence-corrected chi connectivity index (χ1v) is 9.42. The predicted octanol–water partition coefficient (Wildman–Crippen LogP) is 2.65. The summed E-state index contributed by atoms with van der Waals surface area (Å²) in [5.74, 6) is 1.17. The molecule has 1 aromatic carbocycles. The third kappa shape index (κ3) is 3.67. The van der Waals surface area contributed by atoms with Gasteiger partial charge in [-0.25, -0.2) is 4.68 Å². The number of nitrogens with zero attached hydrogens (tertiary/aromatic N) is 2. The van der Waals surface area contributed by atoms with E-state index in [1.54, 1.807) is 13.0 Å². The average molecular weight is 369 g/mol. The van der Waals surface area contributed by atoms with E-state index >= 15 is 0 Å². The quantitative estimate of drug-likeness (QED) is 0.896. The van der Waals surface area contributed by atoms with Crippen molar-refractivity contribution in [1.82, 2.24) is 15.1 Å². The smallest absolute Gasteiger partial charge is 0.267 e. The van der Waals surface area contributed by atoms with Crippen LogP contribution in [0.15, 0.2) is 35.1 Å². The van der Waals surface area contributed by atoms with Gasteiger partial charge in [-0.3, -0.25) is 9.59 Å². The van der Waals surface area contributed by atoms with Gasteiger partial charge in [0.05, 0.1) is 5.69 Å². The standard InChI is InChI=1S/C20H23N3O4/c1-13(20(25)21-15-5-3-2-4-6-15)23-19(24)10-8-16(22-23)14-7-9-17-18(11-14)27-12-26-17/h7-11,13,15H,2-6,12H2,1H3,(H,21,25). The van der Waals surface area contributed by atoms with E-state index in [4.69, 9.17) is 9.47 Å². The topological polar surface area (TPSA) is 82.5 Å². The van der Waals surface area contributed by atoms with Crippen molar-refractivity contribution in [2.75, 3.05) is 6.79 Å². The van der Waals surface area contributed by atoms with Crippen LogP contribution in [0.4, 0.5) is 0 Å². The van der Waals surface area contributed by atoms with Crippen molar-refractivity contribution in [1.29, 1.82) is 0 Å². The Morgan fingerprint density at radius 3 is 2.74 bits per heavy atom. The van der Waals surface area contributed by atoms with Crippen LogP contribution in [0.25, 0.3) is 11.3 Å². The summed E-state index contributed by atoms with van der Waals surface area (Å²) in [7, 11) is 0. The van der Waals surface area contributed by atoms with Crippen LogP contribution in [0, 0.1) is 0 Å². The van der Waals surface area contributed by atoms with Crippen LogP contribution in [0.2, 0.25) is 0 Å². The number of aromatic nitrogens is 2. The molecule has 1 aromatic heterocycles. The fraction of sp³-hybridized carbons (Fsp3) is 0.450. The average Bonchev–Trinajstić information content (AvgIpc) is 3.16. The first-order chi connectivity index (χ1) is 13.1. The molecule has 0 spiro atoms. The van der Waals surface area contributed by atoms with Crippen molar-refractivity contribution < 1.29 is 14.3 Å². The van der Waals surface area contributed by atoms with Gasteiger partial charge in [-0.2, -0.15) is 5.10 Å². The molecular formula is C20H23N3O4. The highest BCUT2D eigenvalue weighted by molar-refractivity contribution is 5.80. The largest absolute Gasteiger partial charge is 0.454 e. The van der Waals surface area contributed by atoms with E-state index in [-0.39, 0.29) is 24.3 Å². The Kier molecular flexibility index (Phi) is 4.83. The molecule has 7 heteroatoms. The summed E-state index contributed by atoms with van der Waals surface area (Å²) >= 11 is 0. The number of amides is 1. The summed E-state index contributed by atoms with van der Waals surface area (Å²) < 4.78 is 12.0. The second-order valence-electron chi connectivity index (χ2n) is 7.09. The van der Waals surface area contributed by atoms with Crippen molar-refractivity contribution in [2.24, 2.45) is 0 Å². The van der Waals surface area contributed by atoms with Gasteiger partial charge in [0.1, 0.15) is 6.04 Å². The number of fused-ring (bicyclic) bond motifs is 1. The van der Waals surface area contributed by atoms with Crippen molar-refractivity contribution in [3.05, 3.63) is 40.7 Å². The molecule has 1 aliphatic carbocycles. The first kappa shape index (κ1) is 17.6. The monoisotopic (exact) mass is 369 g/mol. The van der Waals surface area contributed by atoms with E-state index in [2.05, 4.69) is 10.4 Å². The van der Waals surface area contributed by atoms with Gasteiger partial charge in [-0.1, -0.05) is 19.3 Å². The van der Waals surface area contributed by atoms with Crippen LogP contribution < -0.4 is 20.3 Å². The normalized spacial score (nSPS) is 17.5. The Morgan fingerprint density at radius 1 is 1.15 bits per heavy atom. The van der Waals surface area contributed by atoms with Crippen molar-refractivity contribution in [3.8, 4) is 22.8 Å². The molecule has 1 N–H and O–H groups in total. The third-order valence-electron chi connectivity index (χ3n) is 5.19. The molecular weight excluding hydrogens is 346 g/mol. The molecule has 2 aliphatic rings. The highest BCUT2D eigenvalue weighted by Crippen LogP contribution is 2.35. The van der Waals surface area contributed by atoms with Gasteiger partial charge in [-0.15, -0.1) is 0 Å². The molecule has 0 saturated heterocycles. The van der Waals surface area contributed by atoms with Crippen molar-refractivity contribution in [3.63, 3.8) is 0 Å². The maximum Gasteiger partial charge on any atom is 0.267 e. The van der Waals surface area contributed by atoms with Crippen LogP contribution in [0.5, 0.6) is 11.5 Å². The first-order valence-electron chi connectivity index (χ1n) is 9.42. The Bertz CT molecular complexity index is 902. The van der Waals surface area contributed by atoms with Crippen LogP contribution in [0.3, 0.4) is 0 Å². The third-order valence-corrected chi connectivity index (χ3v) is 5.19. The van der Waals surface area contributed by atoms with E-state index in [0.717, 1.165) is 31.2 Å². The predicted molar refractivity (Wildman–Crippen MR) is 99.8 cm³/mol. The number of hydrogen-bond donors (Lipinski definition) is 1. The Labute approximate surface area is 157 Å². The number of benzene rings is 1. The molecule has 1 saturated carbocycles. The van der Waals surface area contributed by atoms with E-state index in [1.165, 1.54) is 17.2 Å². The van der Waals surface area contributed by atoms with Gasteiger partial charge in [0.2, 0.25) is 12.7 Å². The lowest BCUT2D eigenvalue weighted by Gasteiger charge is -2.24. The van der Waals surface area contributed by atoms with Gasteiger partial charge in [0.15, 0.2) is 11.5 Å². The summed E-state index contributed by atoms with van der Waals surface area (Å²) in [5.41, 5.74) is 1.10. The SMILES string of the molecule is CC(C(=O)NC1CCCCC1)n1nc(-c2ccc3c(c2)OCO3)ccc1=O. The summed E-state index contributed by atoms with van der Waals surface area (Å²) in [6.07, 6.45) is 5.49. The second-order valence-corrected chi connectivity index (χ2v) is 7.09. The van der Waals surface area contributed by atoms with E-state index < -0.39 is 6.04 Å². The lowest BCUT2D eigenvalue weighted by Crippen LogP contribution is -2.42. The molecule has 1 atom stereocenters. The molecule has 1 fully saturated rings. The number of rotatable bonds is 4. The Hall–Kier alpha value is -2.83. The van der Waals surface area contributed by atoms with Gasteiger partial charge in [-0.05, 0) is 44.0 Å². The summed E-state index contributed by atoms with van der Waals surface area (Å²) in [5, 5.41) is 7.49. The lowest BCUT2D eigenvalue weighted by molar-refractivity contribution is -0.125. The highest BCUT2D eigenvalue weighted by Gasteiger charge is 2.23. The minimum Gasteiger partial charge on any atom is -0.454 e. The van der Waals surface area contributed by atoms with Gasteiger partial charge in [0, 0.05) is 17.7 Å². The molecule has 7 nitrogen and oxygen atoms in total. The molecule has 4 rings (SSSR count). The molecule has 27 heavy (non-hydrogen) atoms. The summed E-state index contributed by atoms with van der Waals surface area (Å²) in [4.78, 5) is 24.9. The zero-order valence-corrected chi connectivity index (χ0v) is 15.3. The van der Waals surface area contributed by atoms with Crippen LogP contribution in [-0.2, 0) is 4.79 Å². The highest BCUT2D eigenvalue weighted by atomic mass is 16.7. The summed E-state index contributed by atoms with van der Waals surface area (Å²) in [6.45, 7) is 1.90. The maximum absolute atomic E-state index is 12.6. The molecule has 1 amide bonds. The van der Waals surface area contributed by atoms with Crippen LogP contribution in [-0.4, -0.2) is 28.5 Å². The molecule has 0 radical (unpaired) electrons. The number of nitrogens with one attached hydrogen (secondary N) is 1. The van der Waals surface area contributed by atoms with Gasteiger partial charge < -0.3 is 14.8 Å². The fourth-order valence-electron chi connectivity index (χ4n) is 3.59. The number of carbonyl (C=O) groups excluding carboxylic acids is 1. The van der Waals surface area contributed by atoms with Crippen LogP contribution >= 0.6 is 0 Å². The minimum absolute atomic E-state index is 0.167. The molecule has 1 unspecified atom stereocenters. The minimum atomic E-state index is -0.673.